The average molecular weight is 177 g/mol. The Labute approximate surface area is 78.8 Å². The number of rotatable bonds is 1. The van der Waals surface area contributed by atoms with Crippen LogP contribution in [0.1, 0.15) is 17.9 Å². The third-order valence-electron chi connectivity index (χ3n) is 2.82. The standard InChI is InChI=1S/C11H15NO/c1-12-7-6-9(8-13)10-4-2-3-5-11(10)12/h2-5,9,13H,6-8H2,1H3. The van der Waals surface area contributed by atoms with Crippen molar-refractivity contribution in [3.05, 3.63) is 29.8 Å². The summed E-state index contributed by atoms with van der Waals surface area (Å²) >= 11 is 0. The lowest BCUT2D eigenvalue weighted by Crippen LogP contribution is -2.28. The molecular formula is C11H15NO. The largest absolute Gasteiger partial charge is 0.396 e. The first-order valence-corrected chi connectivity index (χ1v) is 4.74. The molecule has 1 atom stereocenters. The van der Waals surface area contributed by atoms with E-state index in [0.29, 0.717) is 5.92 Å². The van der Waals surface area contributed by atoms with E-state index in [1.165, 1.54) is 11.3 Å². The molecule has 0 fully saturated rings. The lowest BCUT2D eigenvalue weighted by Gasteiger charge is -2.32. The maximum Gasteiger partial charge on any atom is 0.0501 e. The van der Waals surface area contributed by atoms with Gasteiger partial charge in [-0.25, -0.2) is 0 Å². The van der Waals surface area contributed by atoms with Crippen LogP contribution >= 0.6 is 0 Å². The van der Waals surface area contributed by atoms with E-state index in [4.69, 9.17) is 0 Å². The molecule has 0 saturated heterocycles. The minimum atomic E-state index is 0.269. The Kier molecular flexibility index (Phi) is 2.23. The van der Waals surface area contributed by atoms with Crippen molar-refractivity contribution in [1.82, 2.24) is 0 Å². The first kappa shape index (κ1) is 8.57. The molecule has 1 aliphatic heterocycles. The van der Waals surface area contributed by atoms with Gasteiger partial charge >= 0.3 is 0 Å². The Morgan fingerprint density at radius 1 is 1.46 bits per heavy atom. The zero-order valence-electron chi connectivity index (χ0n) is 7.90. The summed E-state index contributed by atoms with van der Waals surface area (Å²) < 4.78 is 0. The Morgan fingerprint density at radius 3 is 3.00 bits per heavy atom. The van der Waals surface area contributed by atoms with Gasteiger partial charge in [-0.3, -0.25) is 0 Å². The van der Waals surface area contributed by atoms with E-state index in [1.807, 2.05) is 6.07 Å². The number of hydrogen-bond acceptors (Lipinski definition) is 2. The molecule has 0 radical (unpaired) electrons. The van der Waals surface area contributed by atoms with E-state index in [9.17, 15) is 5.11 Å². The van der Waals surface area contributed by atoms with Crippen LogP contribution in [0.4, 0.5) is 5.69 Å². The summed E-state index contributed by atoms with van der Waals surface area (Å²) in [5.74, 6) is 0.340. The molecular weight excluding hydrogens is 162 g/mol. The molecule has 1 heterocycles. The van der Waals surface area contributed by atoms with Gasteiger partial charge in [-0.1, -0.05) is 18.2 Å². The summed E-state index contributed by atoms with van der Waals surface area (Å²) in [6.45, 7) is 1.31. The normalized spacial score (nSPS) is 21.4. The highest BCUT2D eigenvalue weighted by Gasteiger charge is 2.21. The number of anilines is 1. The second-order valence-electron chi connectivity index (χ2n) is 3.65. The van der Waals surface area contributed by atoms with Crippen molar-refractivity contribution in [2.45, 2.75) is 12.3 Å². The Hall–Kier alpha value is -1.02. The van der Waals surface area contributed by atoms with E-state index < -0.39 is 0 Å². The van der Waals surface area contributed by atoms with Crippen LogP contribution in [0, 0.1) is 0 Å². The molecule has 0 aromatic heterocycles. The van der Waals surface area contributed by atoms with Crippen molar-refractivity contribution < 1.29 is 5.11 Å². The van der Waals surface area contributed by atoms with E-state index in [2.05, 4.69) is 30.1 Å². The van der Waals surface area contributed by atoms with Crippen LogP contribution in [0.2, 0.25) is 0 Å². The van der Waals surface area contributed by atoms with Crippen LogP contribution in [-0.4, -0.2) is 25.3 Å². The fourth-order valence-electron chi connectivity index (χ4n) is 2.00. The van der Waals surface area contributed by atoms with Crippen molar-refractivity contribution in [3.63, 3.8) is 0 Å². The summed E-state index contributed by atoms with van der Waals surface area (Å²) in [6.07, 6.45) is 1.06. The first-order valence-electron chi connectivity index (χ1n) is 4.74. The molecule has 2 heteroatoms. The SMILES string of the molecule is CN1CCC(CO)c2ccccc21. The molecule has 2 nitrogen and oxygen atoms in total. The predicted octanol–water partition coefficient (Wildman–Crippen LogP) is 1.60. The van der Waals surface area contributed by atoms with Crippen molar-refractivity contribution >= 4 is 5.69 Å². The quantitative estimate of drug-likeness (QED) is 0.704. The highest BCUT2D eigenvalue weighted by atomic mass is 16.3. The van der Waals surface area contributed by atoms with Gasteiger partial charge in [0.15, 0.2) is 0 Å². The van der Waals surface area contributed by atoms with Gasteiger partial charge in [0, 0.05) is 25.2 Å². The summed E-state index contributed by atoms with van der Waals surface area (Å²) in [4.78, 5) is 2.25. The molecule has 2 rings (SSSR count). The molecule has 1 aliphatic rings. The van der Waals surface area contributed by atoms with Crippen molar-refractivity contribution in [2.75, 3.05) is 25.1 Å². The number of aliphatic hydroxyl groups excluding tert-OH is 1. The second kappa shape index (κ2) is 3.38. The number of aliphatic hydroxyl groups is 1. The summed E-state index contributed by atoms with van der Waals surface area (Å²) in [5, 5.41) is 9.21. The van der Waals surface area contributed by atoms with Crippen molar-refractivity contribution in [1.29, 1.82) is 0 Å². The van der Waals surface area contributed by atoms with Gasteiger partial charge in [0.1, 0.15) is 0 Å². The van der Waals surface area contributed by atoms with Crippen LogP contribution in [0.5, 0.6) is 0 Å². The first-order chi connectivity index (χ1) is 6.33. The lowest BCUT2D eigenvalue weighted by molar-refractivity contribution is 0.257. The molecule has 1 unspecified atom stereocenters. The molecule has 13 heavy (non-hydrogen) atoms. The van der Waals surface area contributed by atoms with Crippen LogP contribution in [-0.2, 0) is 0 Å². The molecule has 70 valence electrons. The molecule has 1 aromatic carbocycles. The fraction of sp³-hybridized carbons (Fsp3) is 0.455. The van der Waals surface area contributed by atoms with Crippen LogP contribution in [0.15, 0.2) is 24.3 Å². The molecule has 0 amide bonds. The number of fused-ring (bicyclic) bond motifs is 1. The molecule has 1 aromatic rings. The topological polar surface area (TPSA) is 23.5 Å². The van der Waals surface area contributed by atoms with Gasteiger partial charge in [-0.05, 0) is 18.1 Å². The maximum atomic E-state index is 9.21. The zero-order valence-corrected chi connectivity index (χ0v) is 7.90. The molecule has 0 bridgehead atoms. The third kappa shape index (κ3) is 1.42. The fourth-order valence-corrected chi connectivity index (χ4v) is 2.00. The summed E-state index contributed by atoms with van der Waals surface area (Å²) in [6, 6.07) is 8.33. The molecule has 1 N–H and O–H groups in total. The Balaban J connectivity index is 2.42. The number of nitrogens with zero attached hydrogens (tertiary/aromatic N) is 1. The Bertz CT molecular complexity index is 298. The van der Waals surface area contributed by atoms with Gasteiger partial charge < -0.3 is 10.0 Å². The molecule has 0 aliphatic carbocycles. The van der Waals surface area contributed by atoms with E-state index >= 15 is 0 Å². The molecule has 0 spiro atoms. The predicted molar refractivity (Wildman–Crippen MR) is 54.2 cm³/mol. The minimum Gasteiger partial charge on any atom is -0.396 e. The van der Waals surface area contributed by atoms with Crippen LogP contribution < -0.4 is 4.90 Å². The van der Waals surface area contributed by atoms with Crippen molar-refractivity contribution in [2.24, 2.45) is 0 Å². The summed E-state index contributed by atoms with van der Waals surface area (Å²) in [7, 11) is 2.10. The van der Waals surface area contributed by atoms with E-state index in [1.54, 1.807) is 0 Å². The van der Waals surface area contributed by atoms with Gasteiger partial charge in [-0.15, -0.1) is 0 Å². The monoisotopic (exact) mass is 177 g/mol. The highest BCUT2D eigenvalue weighted by Crippen LogP contribution is 2.33. The highest BCUT2D eigenvalue weighted by molar-refractivity contribution is 5.56. The maximum absolute atomic E-state index is 9.21. The number of benzene rings is 1. The van der Waals surface area contributed by atoms with Gasteiger partial charge in [0.25, 0.3) is 0 Å². The third-order valence-corrected chi connectivity index (χ3v) is 2.82. The van der Waals surface area contributed by atoms with Crippen LogP contribution in [0.3, 0.4) is 0 Å². The van der Waals surface area contributed by atoms with Crippen LogP contribution in [0.25, 0.3) is 0 Å². The number of para-hydroxylation sites is 1. The average Bonchev–Trinajstić information content (AvgIpc) is 2.19. The van der Waals surface area contributed by atoms with Gasteiger partial charge in [-0.2, -0.15) is 0 Å². The number of hydrogen-bond donors (Lipinski definition) is 1. The Morgan fingerprint density at radius 2 is 2.23 bits per heavy atom. The minimum absolute atomic E-state index is 0.269. The lowest BCUT2D eigenvalue weighted by atomic mass is 9.91. The van der Waals surface area contributed by atoms with Gasteiger partial charge in [0.05, 0.1) is 6.61 Å². The molecule has 0 saturated carbocycles. The van der Waals surface area contributed by atoms with E-state index in [-0.39, 0.29) is 6.61 Å². The van der Waals surface area contributed by atoms with Gasteiger partial charge in [0.2, 0.25) is 0 Å². The van der Waals surface area contributed by atoms with E-state index in [0.717, 1.165) is 13.0 Å². The second-order valence-corrected chi connectivity index (χ2v) is 3.65. The summed E-state index contributed by atoms with van der Waals surface area (Å²) in [5.41, 5.74) is 2.56. The zero-order chi connectivity index (χ0) is 9.26. The smallest absolute Gasteiger partial charge is 0.0501 e. The van der Waals surface area contributed by atoms with Crippen molar-refractivity contribution in [3.8, 4) is 0 Å².